The van der Waals surface area contributed by atoms with Gasteiger partial charge in [-0.1, -0.05) is 20.8 Å². The molecular weight excluding hydrogens is 264 g/mol. The van der Waals surface area contributed by atoms with Crippen molar-refractivity contribution in [1.82, 2.24) is 15.0 Å². The molecule has 1 aromatic rings. The SMILES string of the molecule is CCNc1nc(N(C)C)nc(N2CCC(C(C)(C)C)C2)n1. The van der Waals surface area contributed by atoms with Crippen LogP contribution in [-0.2, 0) is 0 Å². The Morgan fingerprint density at radius 1 is 1.24 bits per heavy atom. The molecule has 0 radical (unpaired) electrons. The number of anilines is 3. The van der Waals surface area contributed by atoms with E-state index in [-0.39, 0.29) is 0 Å². The largest absolute Gasteiger partial charge is 0.354 e. The Hall–Kier alpha value is -1.59. The predicted octanol–water partition coefficient (Wildman–Crippen LogP) is 2.24. The van der Waals surface area contributed by atoms with E-state index in [1.807, 2.05) is 25.9 Å². The lowest BCUT2D eigenvalue weighted by Crippen LogP contribution is -2.28. The van der Waals surface area contributed by atoms with Gasteiger partial charge in [0.25, 0.3) is 0 Å². The molecule has 0 aliphatic carbocycles. The van der Waals surface area contributed by atoms with Crippen molar-refractivity contribution < 1.29 is 0 Å². The van der Waals surface area contributed by atoms with E-state index in [0.29, 0.717) is 23.2 Å². The summed E-state index contributed by atoms with van der Waals surface area (Å²) in [5.41, 5.74) is 0.330. The Morgan fingerprint density at radius 3 is 2.48 bits per heavy atom. The fourth-order valence-electron chi connectivity index (χ4n) is 2.58. The van der Waals surface area contributed by atoms with E-state index in [0.717, 1.165) is 25.6 Å². The van der Waals surface area contributed by atoms with Crippen LogP contribution in [0.4, 0.5) is 17.8 Å². The quantitative estimate of drug-likeness (QED) is 0.918. The molecule has 0 amide bonds. The summed E-state index contributed by atoms with van der Waals surface area (Å²) < 4.78 is 0. The van der Waals surface area contributed by atoms with Crippen molar-refractivity contribution in [3.8, 4) is 0 Å². The molecule has 0 saturated carbocycles. The number of rotatable bonds is 4. The molecule has 1 aliphatic heterocycles. The van der Waals surface area contributed by atoms with Gasteiger partial charge in [-0.3, -0.25) is 0 Å². The first kappa shape index (κ1) is 15.8. The van der Waals surface area contributed by atoms with Crippen LogP contribution in [0.25, 0.3) is 0 Å². The minimum Gasteiger partial charge on any atom is -0.354 e. The molecule has 0 bridgehead atoms. The van der Waals surface area contributed by atoms with Gasteiger partial charge >= 0.3 is 0 Å². The second-order valence-electron chi connectivity index (χ2n) is 6.98. The highest BCUT2D eigenvalue weighted by molar-refractivity contribution is 5.45. The number of hydrogen-bond acceptors (Lipinski definition) is 6. The van der Waals surface area contributed by atoms with E-state index < -0.39 is 0 Å². The molecule has 21 heavy (non-hydrogen) atoms. The van der Waals surface area contributed by atoms with Crippen molar-refractivity contribution in [1.29, 1.82) is 0 Å². The van der Waals surface area contributed by atoms with Crippen LogP contribution in [0.5, 0.6) is 0 Å². The summed E-state index contributed by atoms with van der Waals surface area (Å²) in [6.45, 7) is 11.8. The fourth-order valence-corrected chi connectivity index (χ4v) is 2.58. The second-order valence-corrected chi connectivity index (χ2v) is 6.98. The predicted molar refractivity (Wildman–Crippen MR) is 88.1 cm³/mol. The first-order valence-electron chi connectivity index (χ1n) is 7.73. The molecule has 118 valence electrons. The van der Waals surface area contributed by atoms with Crippen molar-refractivity contribution in [3.63, 3.8) is 0 Å². The van der Waals surface area contributed by atoms with Crippen LogP contribution < -0.4 is 15.1 Å². The van der Waals surface area contributed by atoms with Crippen molar-refractivity contribution >= 4 is 17.8 Å². The third kappa shape index (κ3) is 3.74. The van der Waals surface area contributed by atoms with Gasteiger partial charge < -0.3 is 15.1 Å². The molecule has 6 heteroatoms. The lowest BCUT2D eigenvalue weighted by atomic mass is 9.80. The number of nitrogens with one attached hydrogen (secondary N) is 1. The Kier molecular flexibility index (Phi) is 4.54. The third-order valence-corrected chi connectivity index (χ3v) is 4.04. The smallest absolute Gasteiger partial charge is 0.231 e. The molecule has 2 rings (SSSR count). The van der Waals surface area contributed by atoms with E-state index in [1.165, 1.54) is 6.42 Å². The summed E-state index contributed by atoms with van der Waals surface area (Å²) in [4.78, 5) is 17.8. The van der Waals surface area contributed by atoms with Crippen LogP contribution >= 0.6 is 0 Å². The van der Waals surface area contributed by atoms with Gasteiger partial charge in [-0.25, -0.2) is 0 Å². The van der Waals surface area contributed by atoms with Gasteiger partial charge in [0.2, 0.25) is 17.8 Å². The lowest BCUT2D eigenvalue weighted by Gasteiger charge is -2.27. The molecule has 6 nitrogen and oxygen atoms in total. The standard InChI is InChI=1S/C15H28N6/c1-7-16-12-17-13(20(5)6)19-14(18-12)21-9-8-11(10-21)15(2,3)4/h11H,7-10H2,1-6H3,(H,16,17,18,19). The molecular formula is C15H28N6. The summed E-state index contributed by atoms with van der Waals surface area (Å²) in [6, 6.07) is 0. The molecule has 1 aliphatic rings. The summed E-state index contributed by atoms with van der Waals surface area (Å²) in [6.07, 6.45) is 1.20. The molecule has 2 heterocycles. The first-order chi connectivity index (χ1) is 9.81. The molecule has 0 aromatic carbocycles. The summed E-state index contributed by atoms with van der Waals surface area (Å²) in [7, 11) is 3.91. The van der Waals surface area contributed by atoms with Crippen LogP contribution in [0, 0.1) is 11.3 Å². The zero-order valence-electron chi connectivity index (χ0n) is 14.1. The zero-order valence-corrected chi connectivity index (χ0v) is 14.1. The maximum atomic E-state index is 4.60. The highest BCUT2D eigenvalue weighted by Crippen LogP contribution is 2.35. The van der Waals surface area contributed by atoms with Crippen LogP contribution in [-0.4, -0.2) is 48.7 Å². The molecule has 1 aromatic heterocycles. The van der Waals surface area contributed by atoms with Crippen molar-refractivity contribution in [2.45, 2.75) is 34.1 Å². The highest BCUT2D eigenvalue weighted by atomic mass is 15.4. The van der Waals surface area contributed by atoms with Crippen LogP contribution in [0.2, 0.25) is 0 Å². The summed E-state index contributed by atoms with van der Waals surface area (Å²) in [5, 5.41) is 3.19. The Labute approximate surface area is 128 Å². The van der Waals surface area contributed by atoms with Crippen molar-refractivity contribution in [3.05, 3.63) is 0 Å². The van der Waals surface area contributed by atoms with Gasteiger partial charge in [-0.15, -0.1) is 0 Å². The van der Waals surface area contributed by atoms with Gasteiger partial charge in [0.05, 0.1) is 0 Å². The van der Waals surface area contributed by atoms with Crippen molar-refractivity contribution in [2.24, 2.45) is 11.3 Å². The van der Waals surface area contributed by atoms with E-state index in [1.54, 1.807) is 0 Å². The topological polar surface area (TPSA) is 57.2 Å². The molecule has 1 saturated heterocycles. The zero-order chi connectivity index (χ0) is 15.6. The average molecular weight is 292 g/mol. The van der Waals surface area contributed by atoms with Gasteiger partial charge in [-0.2, -0.15) is 15.0 Å². The first-order valence-corrected chi connectivity index (χ1v) is 7.73. The number of aromatic nitrogens is 3. The molecule has 1 atom stereocenters. The second kappa shape index (κ2) is 6.03. The Morgan fingerprint density at radius 2 is 1.95 bits per heavy atom. The van der Waals surface area contributed by atoms with Gasteiger partial charge in [0.1, 0.15) is 0 Å². The lowest BCUT2D eigenvalue weighted by molar-refractivity contribution is 0.263. The molecule has 1 unspecified atom stereocenters. The molecule has 1 fully saturated rings. The fraction of sp³-hybridized carbons (Fsp3) is 0.800. The number of nitrogens with zero attached hydrogens (tertiary/aromatic N) is 5. The molecule has 0 spiro atoms. The summed E-state index contributed by atoms with van der Waals surface area (Å²) in [5.74, 6) is 2.83. The van der Waals surface area contributed by atoms with Gasteiger partial charge in [0, 0.05) is 33.7 Å². The van der Waals surface area contributed by atoms with Crippen LogP contribution in [0.3, 0.4) is 0 Å². The normalized spacial score (nSPS) is 19.0. The monoisotopic (exact) mass is 292 g/mol. The Balaban J connectivity index is 2.23. The summed E-state index contributed by atoms with van der Waals surface area (Å²) >= 11 is 0. The van der Waals surface area contributed by atoms with Gasteiger partial charge in [0.15, 0.2) is 0 Å². The van der Waals surface area contributed by atoms with Gasteiger partial charge in [-0.05, 0) is 24.7 Å². The average Bonchev–Trinajstić information content (AvgIpc) is 2.88. The maximum absolute atomic E-state index is 4.60. The minimum atomic E-state index is 0.330. The maximum Gasteiger partial charge on any atom is 0.231 e. The minimum absolute atomic E-state index is 0.330. The van der Waals surface area contributed by atoms with E-state index in [2.05, 4.69) is 45.9 Å². The highest BCUT2D eigenvalue weighted by Gasteiger charge is 2.33. The van der Waals surface area contributed by atoms with E-state index in [4.69, 9.17) is 0 Å². The van der Waals surface area contributed by atoms with E-state index >= 15 is 0 Å². The number of hydrogen-bond donors (Lipinski definition) is 1. The molecule has 1 N–H and O–H groups in total. The van der Waals surface area contributed by atoms with Crippen molar-refractivity contribution in [2.75, 3.05) is 48.8 Å². The van der Waals surface area contributed by atoms with E-state index in [9.17, 15) is 0 Å². The Bertz CT molecular complexity index is 480. The third-order valence-electron chi connectivity index (χ3n) is 4.04. The van der Waals surface area contributed by atoms with Crippen LogP contribution in [0.15, 0.2) is 0 Å². The van der Waals surface area contributed by atoms with Crippen LogP contribution in [0.1, 0.15) is 34.1 Å².